The molecule has 0 aliphatic carbocycles. The zero-order valence-corrected chi connectivity index (χ0v) is 13.4. The van der Waals surface area contributed by atoms with Crippen molar-refractivity contribution in [2.75, 3.05) is 13.7 Å². The molecule has 0 bridgehead atoms. The molecule has 0 saturated carbocycles. The van der Waals surface area contributed by atoms with Crippen LogP contribution in [0, 0.1) is 0 Å². The molecule has 5 heteroatoms. The van der Waals surface area contributed by atoms with Gasteiger partial charge in [0.05, 0.1) is 7.11 Å². The van der Waals surface area contributed by atoms with Gasteiger partial charge in [0.2, 0.25) is 5.88 Å². The average molecular weight is 313 g/mol. The third kappa shape index (κ3) is 4.16. The van der Waals surface area contributed by atoms with Gasteiger partial charge in [-0.2, -0.15) is 0 Å². The van der Waals surface area contributed by atoms with Gasteiger partial charge in [0, 0.05) is 11.3 Å². The molecule has 0 saturated heterocycles. The summed E-state index contributed by atoms with van der Waals surface area (Å²) in [4.78, 5) is 28.3. The standard InChI is InChI=1S/C18H19NO4/c1-12(2)15-10-9-14(18(21)22-3)17(19-15)23-11-16(20)13-7-5-4-6-8-13/h4-10,12H,11H2,1-3H3. The summed E-state index contributed by atoms with van der Waals surface area (Å²) >= 11 is 0. The predicted octanol–water partition coefficient (Wildman–Crippen LogP) is 3.25. The van der Waals surface area contributed by atoms with Gasteiger partial charge in [-0.15, -0.1) is 0 Å². The molecule has 0 amide bonds. The predicted molar refractivity (Wildman–Crippen MR) is 85.9 cm³/mol. The van der Waals surface area contributed by atoms with E-state index in [0.29, 0.717) is 5.56 Å². The summed E-state index contributed by atoms with van der Waals surface area (Å²) < 4.78 is 10.2. The third-order valence-electron chi connectivity index (χ3n) is 3.31. The van der Waals surface area contributed by atoms with E-state index in [1.165, 1.54) is 7.11 Å². The van der Waals surface area contributed by atoms with Crippen LogP contribution in [0.4, 0.5) is 0 Å². The SMILES string of the molecule is COC(=O)c1ccc(C(C)C)nc1OCC(=O)c1ccccc1. The largest absolute Gasteiger partial charge is 0.469 e. The van der Waals surface area contributed by atoms with Crippen molar-refractivity contribution >= 4 is 11.8 Å². The van der Waals surface area contributed by atoms with Crippen molar-refractivity contribution in [1.29, 1.82) is 0 Å². The van der Waals surface area contributed by atoms with Crippen molar-refractivity contribution in [3.63, 3.8) is 0 Å². The highest BCUT2D eigenvalue weighted by atomic mass is 16.5. The van der Waals surface area contributed by atoms with Crippen LogP contribution in [0.1, 0.15) is 46.2 Å². The fourth-order valence-electron chi connectivity index (χ4n) is 1.99. The number of aromatic nitrogens is 1. The molecule has 1 heterocycles. The van der Waals surface area contributed by atoms with Gasteiger partial charge < -0.3 is 9.47 Å². The topological polar surface area (TPSA) is 65.5 Å². The monoisotopic (exact) mass is 313 g/mol. The van der Waals surface area contributed by atoms with E-state index in [1.807, 2.05) is 19.9 Å². The summed E-state index contributed by atoms with van der Waals surface area (Å²) in [6, 6.07) is 12.2. The molecule has 23 heavy (non-hydrogen) atoms. The van der Waals surface area contributed by atoms with E-state index in [2.05, 4.69) is 4.98 Å². The maximum absolute atomic E-state index is 12.1. The summed E-state index contributed by atoms with van der Waals surface area (Å²) in [7, 11) is 1.29. The van der Waals surface area contributed by atoms with Gasteiger partial charge in [0.15, 0.2) is 12.4 Å². The van der Waals surface area contributed by atoms with Crippen LogP contribution in [0.2, 0.25) is 0 Å². The van der Waals surface area contributed by atoms with Crippen LogP contribution in [0.15, 0.2) is 42.5 Å². The number of methoxy groups -OCH3 is 1. The van der Waals surface area contributed by atoms with E-state index >= 15 is 0 Å². The minimum atomic E-state index is -0.546. The highest BCUT2D eigenvalue weighted by Crippen LogP contribution is 2.21. The van der Waals surface area contributed by atoms with Crippen molar-refractivity contribution in [1.82, 2.24) is 4.98 Å². The Labute approximate surface area is 135 Å². The fraction of sp³-hybridized carbons (Fsp3) is 0.278. The molecule has 0 atom stereocenters. The molecule has 0 spiro atoms. The molecule has 0 fully saturated rings. The van der Waals surface area contributed by atoms with Crippen LogP contribution >= 0.6 is 0 Å². The Bertz CT molecular complexity index is 695. The molecular weight excluding hydrogens is 294 g/mol. The lowest BCUT2D eigenvalue weighted by atomic mass is 10.1. The number of esters is 1. The fourth-order valence-corrected chi connectivity index (χ4v) is 1.99. The number of nitrogens with zero attached hydrogens (tertiary/aromatic N) is 1. The molecule has 0 aliphatic rings. The first-order valence-corrected chi connectivity index (χ1v) is 7.33. The maximum Gasteiger partial charge on any atom is 0.343 e. The molecule has 1 aromatic heterocycles. The molecule has 5 nitrogen and oxygen atoms in total. The first-order valence-electron chi connectivity index (χ1n) is 7.33. The number of carbonyl (C=O) groups is 2. The molecular formula is C18H19NO4. The second kappa shape index (κ2) is 7.54. The van der Waals surface area contributed by atoms with Crippen LogP contribution in [-0.4, -0.2) is 30.5 Å². The normalized spacial score (nSPS) is 10.4. The molecule has 0 unspecified atom stereocenters. The highest BCUT2D eigenvalue weighted by Gasteiger charge is 2.18. The Morgan fingerprint density at radius 3 is 2.39 bits per heavy atom. The Kier molecular flexibility index (Phi) is 5.46. The van der Waals surface area contributed by atoms with Gasteiger partial charge in [-0.1, -0.05) is 44.2 Å². The lowest BCUT2D eigenvalue weighted by molar-refractivity contribution is 0.0592. The lowest BCUT2D eigenvalue weighted by Crippen LogP contribution is -2.15. The second-order valence-corrected chi connectivity index (χ2v) is 5.31. The van der Waals surface area contributed by atoms with E-state index in [4.69, 9.17) is 9.47 Å². The van der Waals surface area contributed by atoms with Crippen molar-refractivity contribution in [3.05, 3.63) is 59.3 Å². The summed E-state index contributed by atoms with van der Waals surface area (Å²) in [5, 5.41) is 0. The van der Waals surface area contributed by atoms with Gasteiger partial charge in [-0.25, -0.2) is 9.78 Å². The summed E-state index contributed by atoms with van der Waals surface area (Å²) in [6.45, 7) is 3.78. The van der Waals surface area contributed by atoms with Crippen molar-refractivity contribution < 1.29 is 19.1 Å². The minimum Gasteiger partial charge on any atom is -0.469 e. The van der Waals surface area contributed by atoms with Gasteiger partial charge in [0.25, 0.3) is 0 Å². The van der Waals surface area contributed by atoms with E-state index in [1.54, 1.807) is 36.4 Å². The van der Waals surface area contributed by atoms with Crippen molar-refractivity contribution in [3.8, 4) is 5.88 Å². The first-order chi connectivity index (χ1) is 11.0. The summed E-state index contributed by atoms with van der Waals surface area (Å²) in [6.07, 6.45) is 0. The molecule has 2 aromatic rings. The molecule has 2 rings (SSSR count). The first kappa shape index (κ1) is 16.7. The number of pyridine rings is 1. The second-order valence-electron chi connectivity index (χ2n) is 5.31. The van der Waals surface area contributed by atoms with Gasteiger partial charge in [-0.3, -0.25) is 4.79 Å². The van der Waals surface area contributed by atoms with Gasteiger partial charge >= 0.3 is 5.97 Å². The Hall–Kier alpha value is -2.69. The lowest BCUT2D eigenvalue weighted by Gasteiger charge is -2.12. The van der Waals surface area contributed by atoms with Crippen LogP contribution in [0.25, 0.3) is 0 Å². The number of hydrogen-bond donors (Lipinski definition) is 0. The minimum absolute atomic E-state index is 0.118. The molecule has 0 N–H and O–H groups in total. The Morgan fingerprint density at radius 2 is 1.78 bits per heavy atom. The van der Waals surface area contributed by atoms with E-state index in [9.17, 15) is 9.59 Å². The molecule has 120 valence electrons. The Balaban J connectivity index is 2.21. The number of rotatable bonds is 6. The van der Waals surface area contributed by atoms with Crippen LogP contribution in [-0.2, 0) is 4.74 Å². The van der Waals surface area contributed by atoms with E-state index in [0.717, 1.165) is 5.69 Å². The smallest absolute Gasteiger partial charge is 0.343 e. The number of hydrogen-bond acceptors (Lipinski definition) is 5. The number of ketones is 1. The van der Waals surface area contributed by atoms with Gasteiger partial charge in [-0.05, 0) is 18.1 Å². The third-order valence-corrected chi connectivity index (χ3v) is 3.31. The zero-order chi connectivity index (χ0) is 16.8. The maximum atomic E-state index is 12.1. The van der Waals surface area contributed by atoms with E-state index < -0.39 is 5.97 Å². The molecule has 0 aliphatic heterocycles. The van der Waals surface area contributed by atoms with Crippen molar-refractivity contribution in [2.24, 2.45) is 0 Å². The molecule has 1 aromatic carbocycles. The Morgan fingerprint density at radius 1 is 1.09 bits per heavy atom. The quantitative estimate of drug-likeness (QED) is 0.605. The number of benzene rings is 1. The highest BCUT2D eigenvalue weighted by molar-refractivity contribution is 5.97. The van der Waals surface area contributed by atoms with E-state index in [-0.39, 0.29) is 29.8 Å². The van der Waals surface area contributed by atoms with Crippen LogP contribution < -0.4 is 4.74 Å². The molecule has 0 radical (unpaired) electrons. The van der Waals surface area contributed by atoms with Crippen LogP contribution in [0.5, 0.6) is 5.88 Å². The number of carbonyl (C=O) groups excluding carboxylic acids is 2. The average Bonchev–Trinajstić information content (AvgIpc) is 2.59. The zero-order valence-electron chi connectivity index (χ0n) is 13.4. The number of Topliss-reactive ketones (excluding diaryl/α,β-unsaturated/α-hetero) is 1. The summed E-state index contributed by atoms with van der Waals surface area (Å²) in [5.41, 5.74) is 1.53. The van der Waals surface area contributed by atoms with Gasteiger partial charge in [0.1, 0.15) is 5.56 Å². The number of ether oxygens (including phenoxy) is 2. The van der Waals surface area contributed by atoms with Crippen LogP contribution in [0.3, 0.4) is 0 Å². The van der Waals surface area contributed by atoms with Crippen molar-refractivity contribution in [2.45, 2.75) is 19.8 Å². The summed E-state index contributed by atoms with van der Waals surface area (Å²) in [5.74, 6) is -0.436.